The molecule has 0 aliphatic carbocycles. The van der Waals surface area contributed by atoms with Gasteiger partial charge in [0.1, 0.15) is 0 Å². The van der Waals surface area contributed by atoms with E-state index < -0.39 is 0 Å². The van der Waals surface area contributed by atoms with Gasteiger partial charge in [-0.3, -0.25) is 9.58 Å². The Bertz CT molecular complexity index is 455. The molecular formula is C16H29ClN4. The van der Waals surface area contributed by atoms with Gasteiger partial charge in [-0.2, -0.15) is 5.10 Å². The maximum atomic E-state index is 6.37. The van der Waals surface area contributed by atoms with Crippen molar-refractivity contribution < 1.29 is 0 Å². The minimum atomic E-state index is 0.723. The molecule has 1 fully saturated rings. The lowest BCUT2D eigenvalue weighted by Gasteiger charge is -2.33. The van der Waals surface area contributed by atoms with Crippen molar-refractivity contribution in [3.8, 4) is 0 Å². The van der Waals surface area contributed by atoms with Gasteiger partial charge in [0.2, 0.25) is 0 Å². The van der Waals surface area contributed by atoms with Crippen LogP contribution in [-0.4, -0.2) is 40.9 Å². The molecule has 120 valence electrons. The fourth-order valence-electron chi connectivity index (χ4n) is 3.10. The van der Waals surface area contributed by atoms with Gasteiger partial charge in [-0.05, 0) is 51.2 Å². The molecule has 0 amide bonds. The van der Waals surface area contributed by atoms with E-state index in [9.17, 15) is 0 Å². The van der Waals surface area contributed by atoms with Crippen LogP contribution in [0.25, 0.3) is 0 Å². The summed E-state index contributed by atoms with van der Waals surface area (Å²) in [6.07, 6.45) is 2.61. The molecule has 1 N–H and O–H groups in total. The molecule has 0 radical (unpaired) electrons. The highest BCUT2D eigenvalue weighted by Crippen LogP contribution is 2.23. The van der Waals surface area contributed by atoms with Crippen LogP contribution < -0.4 is 5.32 Å². The first-order valence-electron chi connectivity index (χ1n) is 8.08. The maximum absolute atomic E-state index is 6.37. The molecule has 21 heavy (non-hydrogen) atoms. The summed E-state index contributed by atoms with van der Waals surface area (Å²) in [6.45, 7) is 12.0. The quantitative estimate of drug-likeness (QED) is 0.877. The van der Waals surface area contributed by atoms with Crippen molar-refractivity contribution in [2.45, 2.75) is 40.2 Å². The van der Waals surface area contributed by atoms with Gasteiger partial charge in [0.15, 0.2) is 0 Å². The smallest absolute Gasteiger partial charge is 0.0860 e. The van der Waals surface area contributed by atoms with Crippen LogP contribution in [0.4, 0.5) is 0 Å². The number of nitrogens with one attached hydrogen (secondary N) is 1. The molecule has 0 spiro atoms. The number of hydrogen-bond donors (Lipinski definition) is 1. The molecule has 4 nitrogen and oxygen atoms in total. The molecule has 2 rings (SSSR count). The second kappa shape index (κ2) is 7.61. The Labute approximate surface area is 133 Å². The van der Waals surface area contributed by atoms with Crippen molar-refractivity contribution in [1.29, 1.82) is 0 Å². The molecule has 1 atom stereocenters. The van der Waals surface area contributed by atoms with E-state index in [2.05, 4.69) is 29.2 Å². The Morgan fingerprint density at radius 3 is 2.81 bits per heavy atom. The van der Waals surface area contributed by atoms with Gasteiger partial charge >= 0.3 is 0 Å². The average molecular weight is 313 g/mol. The van der Waals surface area contributed by atoms with Gasteiger partial charge in [-0.25, -0.2) is 0 Å². The third-order valence-electron chi connectivity index (χ3n) is 4.22. The fourth-order valence-corrected chi connectivity index (χ4v) is 3.32. The number of piperidine rings is 1. The highest BCUT2D eigenvalue weighted by Gasteiger charge is 2.22. The summed E-state index contributed by atoms with van der Waals surface area (Å²) in [5, 5.41) is 8.84. The van der Waals surface area contributed by atoms with Gasteiger partial charge in [0, 0.05) is 20.1 Å². The minimum Gasteiger partial charge on any atom is -0.316 e. The Kier molecular flexibility index (Phi) is 6.08. The van der Waals surface area contributed by atoms with Gasteiger partial charge in [-0.1, -0.05) is 25.4 Å². The molecule has 5 heteroatoms. The molecule has 1 aromatic rings. The van der Waals surface area contributed by atoms with Gasteiger partial charge < -0.3 is 5.32 Å². The first-order chi connectivity index (χ1) is 9.97. The van der Waals surface area contributed by atoms with Crippen LogP contribution in [0.3, 0.4) is 0 Å². The second-order valence-electron chi connectivity index (χ2n) is 6.77. The number of rotatable bonds is 6. The van der Waals surface area contributed by atoms with Crippen LogP contribution in [0.1, 0.15) is 38.1 Å². The van der Waals surface area contributed by atoms with Crippen molar-refractivity contribution in [3.05, 3.63) is 16.4 Å². The van der Waals surface area contributed by atoms with Crippen LogP contribution in [0.15, 0.2) is 0 Å². The number of nitrogens with zero attached hydrogens (tertiary/aromatic N) is 3. The van der Waals surface area contributed by atoms with Gasteiger partial charge in [0.05, 0.1) is 16.4 Å². The number of aryl methyl sites for hydroxylation is 2. The standard InChI is InChI=1S/C16H29ClN4/c1-12(2)8-18-9-14-6-5-7-21(10-14)11-15-16(17)13(3)19-20(15)4/h12,14,18H,5-11H2,1-4H3. The lowest BCUT2D eigenvalue weighted by molar-refractivity contribution is 0.161. The van der Waals surface area contributed by atoms with E-state index in [0.717, 1.165) is 54.4 Å². The third-order valence-corrected chi connectivity index (χ3v) is 4.72. The summed E-state index contributed by atoms with van der Waals surface area (Å²) in [7, 11) is 1.99. The third kappa shape index (κ3) is 4.70. The summed E-state index contributed by atoms with van der Waals surface area (Å²) in [5.74, 6) is 1.48. The highest BCUT2D eigenvalue weighted by atomic mass is 35.5. The summed E-state index contributed by atoms with van der Waals surface area (Å²) >= 11 is 6.37. The lowest BCUT2D eigenvalue weighted by atomic mass is 9.97. The summed E-state index contributed by atoms with van der Waals surface area (Å²) in [4.78, 5) is 2.52. The molecule has 1 saturated heterocycles. The Hall–Kier alpha value is -0.580. The second-order valence-corrected chi connectivity index (χ2v) is 7.14. The molecule has 2 heterocycles. The van der Waals surface area contributed by atoms with E-state index in [-0.39, 0.29) is 0 Å². The molecule has 1 aliphatic heterocycles. The number of aromatic nitrogens is 2. The molecule has 1 aromatic heterocycles. The fraction of sp³-hybridized carbons (Fsp3) is 0.812. The summed E-state index contributed by atoms with van der Waals surface area (Å²) < 4.78 is 1.93. The van der Waals surface area contributed by atoms with Crippen molar-refractivity contribution >= 4 is 11.6 Å². The van der Waals surface area contributed by atoms with Crippen LogP contribution >= 0.6 is 11.6 Å². The molecule has 0 aromatic carbocycles. The monoisotopic (exact) mass is 312 g/mol. The van der Waals surface area contributed by atoms with Crippen molar-refractivity contribution in [2.24, 2.45) is 18.9 Å². The zero-order valence-corrected chi connectivity index (χ0v) is 14.6. The van der Waals surface area contributed by atoms with E-state index in [0.29, 0.717) is 0 Å². The average Bonchev–Trinajstić information content (AvgIpc) is 2.66. The Morgan fingerprint density at radius 2 is 2.19 bits per heavy atom. The van der Waals surface area contributed by atoms with Crippen molar-refractivity contribution in [3.63, 3.8) is 0 Å². The maximum Gasteiger partial charge on any atom is 0.0860 e. The molecule has 0 saturated carbocycles. The first-order valence-corrected chi connectivity index (χ1v) is 8.46. The molecule has 1 aliphatic rings. The largest absolute Gasteiger partial charge is 0.316 e. The lowest BCUT2D eigenvalue weighted by Crippen LogP contribution is -2.40. The molecule has 0 bridgehead atoms. The Balaban J connectivity index is 1.86. The van der Waals surface area contributed by atoms with E-state index >= 15 is 0 Å². The molecule has 1 unspecified atom stereocenters. The number of hydrogen-bond acceptors (Lipinski definition) is 3. The highest BCUT2D eigenvalue weighted by molar-refractivity contribution is 6.31. The topological polar surface area (TPSA) is 33.1 Å². The van der Waals surface area contributed by atoms with E-state index in [1.807, 2.05) is 18.7 Å². The van der Waals surface area contributed by atoms with Crippen LogP contribution in [0, 0.1) is 18.8 Å². The Morgan fingerprint density at radius 1 is 1.43 bits per heavy atom. The van der Waals surface area contributed by atoms with Crippen molar-refractivity contribution in [1.82, 2.24) is 20.0 Å². The van der Waals surface area contributed by atoms with E-state index in [1.165, 1.54) is 19.4 Å². The predicted molar refractivity (Wildman–Crippen MR) is 88.7 cm³/mol. The number of halogens is 1. The van der Waals surface area contributed by atoms with Crippen LogP contribution in [0.2, 0.25) is 5.02 Å². The van der Waals surface area contributed by atoms with Crippen LogP contribution in [0.5, 0.6) is 0 Å². The SMILES string of the molecule is Cc1nn(C)c(CN2CCCC(CNCC(C)C)C2)c1Cl. The summed E-state index contributed by atoms with van der Waals surface area (Å²) in [5.41, 5.74) is 2.08. The minimum absolute atomic E-state index is 0.723. The first kappa shape index (κ1) is 16.8. The zero-order valence-electron chi connectivity index (χ0n) is 13.8. The molecular weight excluding hydrogens is 284 g/mol. The van der Waals surface area contributed by atoms with E-state index in [1.54, 1.807) is 0 Å². The van der Waals surface area contributed by atoms with Gasteiger partial charge in [-0.15, -0.1) is 0 Å². The van der Waals surface area contributed by atoms with Gasteiger partial charge in [0.25, 0.3) is 0 Å². The number of likely N-dealkylation sites (tertiary alicyclic amines) is 1. The predicted octanol–water partition coefficient (Wildman–Crippen LogP) is 2.84. The van der Waals surface area contributed by atoms with Crippen LogP contribution in [-0.2, 0) is 13.6 Å². The zero-order chi connectivity index (χ0) is 15.4. The van der Waals surface area contributed by atoms with E-state index in [4.69, 9.17) is 11.6 Å². The van der Waals surface area contributed by atoms with Crippen molar-refractivity contribution in [2.75, 3.05) is 26.2 Å². The normalized spacial score (nSPS) is 20.4. The summed E-state index contributed by atoms with van der Waals surface area (Å²) in [6, 6.07) is 0.